The SMILES string of the molecule is COc1cc2c(cc1Nc1ncc(Cl)c(Nc3ccc(S(=O)(=O)F)cc3P(C)(C)=O)n1)CN(C)CC2. The van der Waals surface area contributed by atoms with Crippen molar-refractivity contribution in [2.45, 2.75) is 17.9 Å². The lowest BCUT2D eigenvalue weighted by Gasteiger charge is -2.26. The maximum Gasteiger partial charge on any atom is 0.332 e. The van der Waals surface area contributed by atoms with Gasteiger partial charge >= 0.3 is 10.2 Å². The van der Waals surface area contributed by atoms with Crippen LogP contribution < -0.4 is 20.7 Å². The van der Waals surface area contributed by atoms with Gasteiger partial charge < -0.3 is 24.8 Å². The lowest BCUT2D eigenvalue weighted by molar-refractivity contribution is 0.312. The molecule has 0 bridgehead atoms. The van der Waals surface area contributed by atoms with Gasteiger partial charge in [-0.2, -0.15) is 13.4 Å². The largest absolute Gasteiger partial charge is 0.495 e. The molecule has 4 rings (SSSR count). The first-order valence-corrected chi connectivity index (χ1v) is 15.3. The third kappa shape index (κ3) is 5.81. The van der Waals surface area contributed by atoms with Crippen LogP contribution in [0.3, 0.4) is 0 Å². The Morgan fingerprint density at radius 3 is 2.56 bits per heavy atom. The Kier molecular flexibility index (Phi) is 7.30. The number of nitrogens with zero attached hydrogens (tertiary/aromatic N) is 3. The Labute approximate surface area is 214 Å². The van der Waals surface area contributed by atoms with Crippen LogP contribution in [-0.4, -0.2) is 57.3 Å². The standard InChI is InChI=1S/C23H26ClFN5O4PS/c1-30-8-7-14-10-20(34-2)19(9-15(14)13-30)28-23-26-12-17(24)22(29-23)27-18-6-5-16(36(25,32)33)11-21(18)35(3,4)31/h5-6,9-12H,7-8,13H2,1-4H3,(H2,26,27,28,29). The number of fused-ring (bicyclic) bond motifs is 1. The minimum atomic E-state index is -4.97. The fourth-order valence-corrected chi connectivity index (χ4v) is 5.85. The number of rotatable bonds is 7. The smallest absolute Gasteiger partial charge is 0.332 e. The predicted octanol–water partition coefficient (Wildman–Crippen LogP) is 4.52. The van der Waals surface area contributed by atoms with Crippen molar-refractivity contribution in [3.05, 3.63) is 52.7 Å². The summed E-state index contributed by atoms with van der Waals surface area (Å²) in [5, 5.41) is 6.47. The van der Waals surface area contributed by atoms with E-state index in [0.717, 1.165) is 31.6 Å². The van der Waals surface area contributed by atoms with Crippen LogP contribution in [0.25, 0.3) is 0 Å². The normalized spacial score (nSPS) is 14.3. The number of hydrogen-bond donors (Lipinski definition) is 2. The molecule has 0 spiro atoms. The number of methoxy groups -OCH3 is 1. The molecule has 0 saturated carbocycles. The highest BCUT2D eigenvalue weighted by Crippen LogP contribution is 2.40. The van der Waals surface area contributed by atoms with Crippen molar-refractivity contribution in [3.8, 4) is 5.75 Å². The third-order valence-corrected chi connectivity index (χ3v) is 8.42. The van der Waals surface area contributed by atoms with Gasteiger partial charge in [-0.1, -0.05) is 11.6 Å². The van der Waals surface area contributed by atoms with Crippen LogP contribution >= 0.6 is 18.7 Å². The van der Waals surface area contributed by atoms with Crippen molar-refractivity contribution >= 4 is 57.4 Å². The molecule has 3 aromatic rings. The summed E-state index contributed by atoms with van der Waals surface area (Å²) < 4.78 is 54.7. The molecule has 1 aliphatic rings. The van der Waals surface area contributed by atoms with E-state index in [4.69, 9.17) is 16.3 Å². The van der Waals surface area contributed by atoms with Crippen molar-refractivity contribution < 1.29 is 21.6 Å². The van der Waals surface area contributed by atoms with Crippen LogP contribution in [0.4, 0.5) is 27.0 Å². The lowest BCUT2D eigenvalue weighted by atomic mass is 9.99. The second-order valence-corrected chi connectivity index (χ2v) is 13.9. The molecule has 13 heteroatoms. The highest BCUT2D eigenvalue weighted by molar-refractivity contribution is 7.86. The van der Waals surface area contributed by atoms with E-state index in [9.17, 15) is 16.9 Å². The molecule has 2 N–H and O–H groups in total. The average Bonchev–Trinajstić information content (AvgIpc) is 2.79. The maximum absolute atomic E-state index is 13.6. The molecule has 2 aromatic carbocycles. The average molecular weight is 554 g/mol. The van der Waals surface area contributed by atoms with Gasteiger partial charge in [0.1, 0.15) is 17.9 Å². The topological polar surface area (TPSA) is 114 Å². The molecule has 0 fully saturated rings. The van der Waals surface area contributed by atoms with Crippen molar-refractivity contribution in [3.63, 3.8) is 0 Å². The predicted molar refractivity (Wildman–Crippen MR) is 140 cm³/mol. The zero-order chi connectivity index (χ0) is 26.3. The lowest BCUT2D eigenvalue weighted by Crippen LogP contribution is -2.26. The molecule has 1 aromatic heterocycles. The number of anilines is 4. The van der Waals surface area contributed by atoms with Gasteiger partial charge in [-0.25, -0.2) is 4.98 Å². The van der Waals surface area contributed by atoms with E-state index in [1.165, 1.54) is 36.7 Å². The van der Waals surface area contributed by atoms with Crippen LogP contribution in [0.1, 0.15) is 11.1 Å². The molecular weight excluding hydrogens is 528 g/mol. The molecule has 36 heavy (non-hydrogen) atoms. The Morgan fingerprint density at radius 1 is 1.14 bits per heavy atom. The van der Waals surface area contributed by atoms with Gasteiger partial charge in [-0.05, 0) is 68.3 Å². The Bertz CT molecular complexity index is 1480. The summed E-state index contributed by atoms with van der Waals surface area (Å²) in [5.41, 5.74) is 3.37. The minimum Gasteiger partial charge on any atom is -0.495 e. The summed E-state index contributed by atoms with van der Waals surface area (Å²) in [6, 6.07) is 7.48. The summed E-state index contributed by atoms with van der Waals surface area (Å²) in [4.78, 5) is 10.4. The molecule has 2 heterocycles. The second-order valence-electron chi connectivity index (χ2n) is 8.92. The fourth-order valence-electron chi connectivity index (χ4n) is 3.97. The minimum absolute atomic E-state index is 0.144. The van der Waals surface area contributed by atoms with Gasteiger partial charge in [-0.3, -0.25) is 0 Å². The summed E-state index contributed by atoms with van der Waals surface area (Å²) in [6.07, 6.45) is 2.33. The highest BCUT2D eigenvalue weighted by atomic mass is 35.5. The number of likely N-dealkylation sites (N-methyl/N-ethyl adjacent to an activating group) is 1. The van der Waals surface area contributed by atoms with Crippen LogP contribution in [-0.2, 0) is 27.8 Å². The number of hydrogen-bond acceptors (Lipinski definition) is 9. The molecule has 192 valence electrons. The number of benzene rings is 2. The van der Waals surface area contributed by atoms with E-state index in [1.54, 1.807) is 7.11 Å². The second kappa shape index (κ2) is 9.97. The third-order valence-electron chi connectivity index (χ3n) is 5.80. The van der Waals surface area contributed by atoms with E-state index in [0.29, 0.717) is 11.4 Å². The van der Waals surface area contributed by atoms with Crippen molar-refractivity contribution in [2.75, 3.05) is 44.7 Å². The molecule has 0 unspecified atom stereocenters. The van der Waals surface area contributed by atoms with Crippen LogP contribution in [0.15, 0.2) is 41.4 Å². The molecular formula is C23H26ClFN5O4PS. The summed E-state index contributed by atoms with van der Waals surface area (Å²) in [5.74, 6) is 1.07. The van der Waals surface area contributed by atoms with Crippen LogP contribution in [0.2, 0.25) is 5.02 Å². The zero-order valence-corrected chi connectivity index (χ0v) is 22.6. The molecule has 0 aliphatic carbocycles. The number of ether oxygens (including phenoxy) is 1. The maximum atomic E-state index is 13.6. The summed E-state index contributed by atoms with van der Waals surface area (Å²) in [6.45, 7) is 4.69. The zero-order valence-electron chi connectivity index (χ0n) is 20.2. The molecule has 0 amide bonds. The first-order chi connectivity index (χ1) is 16.8. The first-order valence-electron chi connectivity index (χ1n) is 10.9. The first kappa shape index (κ1) is 26.3. The molecule has 0 radical (unpaired) electrons. The Balaban J connectivity index is 1.68. The van der Waals surface area contributed by atoms with Crippen molar-refractivity contribution in [2.24, 2.45) is 0 Å². The van der Waals surface area contributed by atoms with Gasteiger partial charge in [0, 0.05) is 18.4 Å². The fraction of sp³-hybridized carbons (Fsp3) is 0.304. The van der Waals surface area contributed by atoms with Crippen LogP contribution in [0, 0.1) is 0 Å². The monoisotopic (exact) mass is 553 g/mol. The summed E-state index contributed by atoms with van der Waals surface area (Å²) in [7, 11) is -4.32. The van der Waals surface area contributed by atoms with Crippen molar-refractivity contribution in [1.29, 1.82) is 0 Å². The Morgan fingerprint density at radius 2 is 1.89 bits per heavy atom. The summed E-state index contributed by atoms with van der Waals surface area (Å²) >= 11 is 6.32. The van der Waals surface area contributed by atoms with Gasteiger partial charge in [-0.15, -0.1) is 3.89 Å². The number of halogens is 2. The van der Waals surface area contributed by atoms with E-state index in [1.807, 2.05) is 12.1 Å². The van der Waals surface area contributed by atoms with Crippen LogP contribution in [0.5, 0.6) is 5.75 Å². The van der Waals surface area contributed by atoms with E-state index in [-0.39, 0.29) is 27.8 Å². The Hall–Kier alpha value is -2.72. The molecule has 1 aliphatic heterocycles. The highest BCUT2D eigenvalue weighted by Gasteiger charge is 2.23. The molecule has 9 nitrogen and oxygen atoms in total. The van der Waals surface area contributed by atoms with E-state index >= 15 is 0 Å². The van der Waals surface area contributed by atoms with Gasteiger partial charge in [0.15, 0.2) is 5.82 Å². The van der Waals surface area contributed by atoms with Crippen molar-refractivity contribution in [1.82, 2.24) is 14.9 Å². The van der Waals surface area contributed by atoms with E-state index < -0.39 is 22.3 Å². The van der Waals surface area contributed by atoms with Gasteiger partial charge in [0.25, 0.3) is 0 Å². The quantitative estimate of drug-likeness (QED) is 0.322. The molecule has 0 saturated heterocycles. The van der Waals surface area contributed by atoms with Gasteiger partial charge in [0.2, 0.25) is 5.95 Å². The van der Waals surface area contributed by atoms with Gasteiger partial charge in [0.05, 0.1) is 29.6 Å². The number of nitrogens with one attached hydrogen (secondary N) is 2. The van der Waals surface area contributed by atoms with E-state index in [2.05, 4.69) is 32.5 Å². The number of aromatic nitrogens is 2. The molecule has 0 atom stereocenters.